The van der Waals surface area contributed by atoms with Crippen molar-refractivity contribution in [2.75, 3.05) is 29.9 Å². The topological polar surface area (TPSA) is 35.6 Å². The number of benzene rings is 3. The smallest absolute Gasteiger partial charge is 0.243 e. The Balaban J connectivity index is 1.37. The molecule has 4 nitrogen and oxygen atoms in total. The predicted octanol–water partition coefficient (Wildman–Crippen LogP) is 6.90. The fourth-order valence-electron chi connectivity index (χ4n) is 4.43. The molecular weight excluding hydrogens is 482 g/mol. The number of carbonyl (C=O) groups is 1. The maximum absolute atomic E-state index is 11.4. The molecule has 0 fully saturated rings. The van der Waals surface area contributed by atoms with E-state index in [1.54, 1.807) is 0 Å². The molecule has 0 bridgehead atoms. The first-order valence-corrected chi connectivity index (χ1v) is 13.4. The largest absolute Gasteiger partial charge is 0.355 e. The Hall–Kier alpha value is -2.54. The molecule has 2 aliphatic heterocycles. The Morgan fingerprint density at radius 2 is 1.97 bits per heavy atom. The number of thioether (sulfide) groups is 2. The molecule has 0 spiro atoms. The average molecular weight is 508 g/mol. The Kier molecular flexibility index (Phi) is 6.82. The highest BCUT2D eigenvalue weighted by Gasteiger charge is 2.32. The fourth-order valence-corrected chi connectivity index (χ4v) is 7.06. The highest BCUT2D eigenvalue weighted by atomic mass is 35.5. The summed E-state index contributed by atoms with van der Waals surface area (Å²) in [6.45, 7) is 5.05. The second-order valence-corrected chi connectivity index (χ2v) is 11.0. The van der Waals surface area contributed by atoms with Gasteiger partial charge in [-0.3, -0.25) is 4.79 Å². The minimum absolute atomic E-state index is 0.121. The van der Waals surface area contributed by atoms with Crippen molar-refractivity contribution in [2.45, 2.75) is 28.0 Å². The summed E-state index contributed by atoms with van der Waals surface area (Å²) in [7, 11) is 2.16. The van der Waals surface area contributed by atoms with Crippen LogP contribution in [0.3, 0.4) is 0 Å². The summed E-state index contributed by atoms with van der Waals surface area (Å²) >= 11 is 10.1. The molecule has 2 aliphatic rings. The van der Waals surface area contributed by atoms with Crippen LogP contribution in [-0.4, -0.2) is 31.4 Å². The lowest BCUT2D eigenvalue weighted by atomic mass is 10.1. The van der Waals surface area contributed by atoms with E-state index in [9.17, 15) is 4.79 Å². The van der Waals surface area contributed by atoms with Gasteiger partial charge in [-0.1, -0.05) is 72.0 Å². The van der Waals surface area contributed by atoms with Gasteiger partial charge in [0.05, 0.1) is 16.4 Å². The fraction of sp³-hybridized carbons (Fsp3) is 0.222. The molecule has 0 aliphatic carbocycles. The van der Waals surface area contributed by atoms with E-state index in [1.165, 1.54) is 43.0 Å². The Morgan fingerprint density at radius 1 is 1.15 bits per heavy atom. The van der Waals surface area contributed by atoms with Crippen molar-refractivity contribution in [3.63, 3.8) is 0 Å². The van der Waals surface area contributed by atoms with Crippen LogP contribution in [-0.2, 0) is 4.79 Å². The van der Waals surface area contributed by atoms with Gasteiger partial charge in [-0.2, -0.15) is 0 Å². The molecular formula is C27H26ClN3OS2. The maximum Gasteiger partial charge on any atom is 0.243 e. The number of nitrogens with one attached hydrogen (secondary N) is 1. The van der Waals surface area contributed by atoms with E-state index in [-0.39, 0.29) is 11.3 Å². The summed E-state index contributed by atoms with van der Waals surface area (Å²) in [5, 5.41) is 7.58. The van der Waals surface area contributed by atoms with E-state index >= 15 is 0 Å². The number of carbonyl (C=O) groups excluding carboxylic acids is 1. The zero-order valence-electron chi connectivity index (χ0n) is 19.0. The second-order valence-electron chi connectivity index (χ2n) is 8.32. The highest BCUT2D eigenvalue weighted by Crippen LogP contribution is 2.51. The van der Waals surface area contributed by atoms with Crippen LogP contribution in [0.5, 0.6) is 0 Å². The first kappa shape index (κ1) is 23.2. The van der Waals surface area contributed by atoms with E-state index in [4.69, 9.17) is 11.6 Å². The first-order chi connectivity index (χ1) is 16.5. The third kappa shape index (κ3) is 4.54. The lowest BCUT2D eigenvalue weighted by Gasteiger charge is -2.26. The standard InChI is InChI=1S/C27H26ClN3OS2/c1-3-24(32)29-14-6-7-15-31-21-16-19(28)11-13-22(21)33-26(31)17-25-30(2)27-20-9-5-4-8-18(20)10-12-23(27)34-25/h3-5,8-13,16-17,26H,1,6-7,14-15H2,2H3,(H,29,32)/b25-17+. The van der Waals surface area contributed by atoms with E-state index < -0.39 is 0 Å². The van der Waals surface area contributed by atoms with Crippen LogP contribution >= 0.6 is 35.1 Å². The van der Waals surface area contributed by atoms with Gasteiger partial charge in [0.1, 0.15) is 5.37 Å². The van der Waals surface area contributed by atoms with Crippen molar-refractivity contribution in [1.29, 1.82) is 0 Å². The Labute approximate surface area is 214 Å². The molecule has 174 valence electrons. The molecule has 34 heavy (non-hydrogen) atoms. The summed E-state index contributed by atoms with van der Waals surface area (Å²) < 4.78 is 0. The molecule has 0 radical (unpaired) electrons. The van der Waals surface area contributed by atoms with Gasteiger partial charge < -0.3 is 15.1 Å². The van der Waals surface area contributed by atoms with Crippen LogP contribution in [0.2, 0.25) is 5.02 Å². The number of amides is 1. The normalized spacial score (nSPS) is 17.8. The Bertz CT molecular complexity index is 1290. The van der Waals surface area contributed by atoms with Crippen molar-refractivity contribution >= 4 is 63.2 Å². The minimum Gasteiger partial charge on any atom is -0.355 e. The lowest BCUT2D eigenvalue weighted by Crippen LogP contribution is -2.30. The second kappa shape index (κ2) is 9.98. The number of halogens is 1. The zero-order valence-corrected chi connectivity index (χ0v) is 21.3. The Morgan fingerprint density at radius 3 is 2.82 bits per heavy atom. The molecule has 1 unspecified atom stereocenters. The molecule has 3 aromatic carbocycles. The number of hydrogen-bond acceptors (Lipinski definition) is 5. The van der Waals surface area contributed by atoms with Gasteiger partial charge in [0.2, 0.25) is 5.91 Å². The van der Waals surface area contributed by atoms with Crippen molar-refractivity contribution in [2.24, 2.45) is 0 Å². The number of fused-ring (bicyclic) bond motifs is 4. The molecule has 1 amide bonds. The molecule has 0 saturated carbocycles. The van der Waals surface area contributed by atoms with Gasteiger partial charge in [-0.15, -0.1) is 0 Å². The van der Waals surface area contributed by atoms with Gasteiger partial charge in [-0.05, 0) is 54.6 Å². The summed E-state index contributed by atoms with van der Waals surface area (Å²) in [6.07, 6.45) is 5.57. The number of nitrogens with zero attached hydrogens (tertiary/aromatic N) is 2. The van der Waals surface area contributed by atoms with Crippen molar-refractivity contribution in [3.8, 4) is 0 Å². The van der Waals surface area contributed by atoms with Crippen molar-refractivity contribution in [3.05, 3.63) is 83.4 Å². The summed E-state index contributed by atoms with van der Waals surface area (Å²) in [4.78, 5) is 18.7. The van der Waals surface area contributed by atoms with Gasteiger partial charge in [0.25, 0.3) is 0 Å². The average Bonchev–Trinajstić information content (AvgIpc) is 3.35. The van der Waals surface area contributed by atoms with Crippen LogP contribution in [0.4, 0.5) is 11.4 Å². The number of hydrogen-bond donors (Lipinski definition) is 1. The monoisotopic (exact) mass is 507 g/mol. The minimum atomic E-state index is -0.121. The van der Waals surface area contributed by atoms with Gasteiger partial charge in [0, 0.05) is 40.3 Å². The number of rotatable bonds is 7. The van der Waals surface area contributed by atoms with E-state index in [1.807, 2.05) is 29.6 Å². The SMILES string of the molecule is C=CC(=O)NCCCCN1c2cc(Cl)ccc2SC1/C=C1/Sc2ccc3ccccc3c2N1C. The number of anilines is 2. The molecule has 1 atom stereocenters. The van der Waals surface area contributed by atoms with Crippen LogP contribution in [0.1, 0.15) is 12.8 Å². The third-order valence-corrected chi connectivity index (χ3v) is 8.76. The predicted molar refractivity (Wildman–Crippen MR) is 147 cm³/mol. The van der Waals surface area contributed by atoms with E-state index in [0.717, 1.165) is 24.4 Å². The quantitative estimate of drug-likeness (QED) is 0.278. The number of unbranched alkanes of at least 4 members (excludes halogenated alkanes) is 1. The molecule has 1 N–H and O–H groups in total. The molecule has 3 aromatic rings. The van der Waals surface area contributed by atoms with Crippen LogP contribution < -0.4 is 15.1 Å². The van der Waals surface area contributed by atoms with Crippen molar-refractivity contribution in [1.82, 2.24) is 5.32 Å². The summed E-state index contributed by atoms with van der Waals surface area (Å²) in [5.74, 6) is -0.121. The molecule has 5 rings (SSSR count). The molecule has 2 heterocycles. The highest BCUT2D eigenvalue weighted by molar-refractivity contribution is 8.04. The van der Waals surface area contributed by atoms with Gasteiger partial charge in [0.15, 0.2) is 0 Å². The van der Waals surface area contributed by atoms with Gasteiger partial charge >= 0.3 is 0 Å². The third-order valence-electron chi connectivity index (χ3n) is 6.12. The van der Waals surface area contributed by atoms with Gasteiger partial charge in [-0.25, -0.2) is 0 Å². The van der Waals surface area contributed by atoms with Crippen LogP contribution in [0.25, 0.3) is 10.8 Å². The van der Waals surface area contributed by atoms with E-state index in [0.29, 0.717) is 6.54 Å². The van der Waals surface area contributed by atoms with Crippen molar-refractivity contribution < 1.29 is 4.79 Å². The summed E-state index contributed by atoms with van der Waals surface area (Å²) in [6, 6.07) is 19.1. The molecule has 0 aromatic heterocycles. The molecule has 0 saturated heterocycles. The van der Waals surface area contributed by atoms with Crippen LogP contribution in [0.15, 0.2) is 88.1 Å². The zero-order chi connectivity index (χ0) is 23.7. The lowest BCUT2D eigenvalue weighted by molar-refractivity contribution is -0.116. The first-order valence-electron chi connectivity index (χ1n) is 11.3. The maximum atomic E-state index is 11.4. The van der Waals surface area contributed by atoms with E-state index in [2.05, 4.69) is 83.4 Å². The van der Waals surface area contributed by atoms with Crippen LogP contribution in [0, 0.1) is 0 Å². The summed E-state index contributed by atoms with van der Waals surface area (Å²) in [5.41, 5.74) is 2.46. The molecule has 7 heteroatoms.